The van der Waals surface area contributed by atoms with Crippen molar-refractivity contribution >= 4 is 6.08 Å². The number of rotatable bonds is 1. The zero-order valence-corrected chi connectivity index (χ0v) is 7.36. The normalized spacial score (nSPS) is 20.2. The van der Waals surface area contributed by atoms with E-state index in [1.165, 1.54) is 11.1 Å². The summed E-state index contributed by atoms with van der Waals surface area (Å²) in [7, 11) is 0. The fourth-order valence-electron chi connectivity index (χ4n) is 1.93. The molecule has 2 rings (SSSR count). The molecule has 0 aromatic heterocycles. The van der Waals surface area contributed by atoms with Crippen LogP contribution in [0.4, 0.5) is 0 Å². The summed E-state index contributed by atoms with van der Waals surface area (Å²) in [5.74, 6) is 0. The maximum atomic E-state index is 10.2. The largest absolute Gasteiger partial charge is 0.235 e. The van der Waals surface area contributed by atoms with E-state index in [4.69, 9.17) is 0 Å². The van der Waals surface area contributed by atoms with Gasteiger partial charge in [-0.15, -0.1) is 0 Å². The fourth-order valence-corrected chi connectivity index (χ4v) is 1.93. The lowest BCUT2D eigenvalue weighted by molar-refractivity contribution is 0.538. The molecule has 0 saturated heterocycles. The second-order valence-corrected chi connectivity index (χ2v) is 3.33. The smallest absolute Gasteiger partial charge is 0.211 e. The van der Waals surface area contributed by atoms with Crippen LogP contribution in [-0.2, 0) is 11.2 Å². The SMILES string of the molecule is O=C=N[C@H]1CCCc2ccccc21. The minimum atomic E-state index is 0.0578. The second-order valence-electron chi connectivity index (χ2n) is 3.33. The van der Waals surface area contributed by atoms with Gasteiger partial charge in [0.1, 0.15) is 0 Å². The van der Waals surface area contributed by atoms with Crippen LogP contribution in [0.2, 0.25) is 0 Å². The molecule has 0 aliphatic heterocycles. The highest BCUT2D eigenvalue weighted by atomic mass is 16.1. The first-order chi connectivity index (χ1) is 6.42. The van der Waals surface area contributed by atoms with Crippen molar-refractivity contribution in [2.45, 2.75) is 25.3 Å². The molecule has 1 atom stereocenters. The molecular formula is C11H11NO. The molecule has 0 spiro atoms. The second kappa shape index (κ2) is 3.55. The molecule has 0 unspecified atom stereocenters. The van der Waals surface area contributed by atoms with Crippen molar-refractivity contribution in [3.8, 4) is 0 Å². The molecule has 0 heterocycles. The highest BCUT2D eigenvalue weighted by molar-refractivity contribution is 5.38. The Morgan fingerprint density at radius 3 is 3.08 bits per heavy atom. The van der Waals surface area contributed by atoms with Crippen LogP contribution in [0.3, 0.4) is 0 Å². The quantitative estimate of drug-likeness (QED) is 0.473. The van der Waals surface area contributed by atoms with Gasteiger partial charge in [0, 0.05) is 0 Å². The molecule has 13 heavy (non-hydrogen) atoms. The minimum absolute atomic E-state index is 0.0578. The fraction of sp³-hybridized carbons (Fsp3) is 0.364. The van der Waals surface area contributed by atoms with Gasteiger partial charge in [0.15, 0.2) is 0 Å². The summed E-state index contributed by atoms with van der Waals surface area (Å²) in [6.45, 7) is 0. The van der Waals surface area contributed by atoms with E-state index in [0.717, 1.165) is 19.3 Å². The van der Waals surface area contributed by atoms with E-state index < -0.39 is 0 Å². The Morgan fingerprint density at radius 2 is 2.23 bits per heavy atom. The summed E-state index contributed by atoms with van der Waals surface area (Å²) in [6, 6.07) is 8.26. The van der Waals surface area contributed by atoms with Crippen molar-refractivity contribution in [1.82, 2.24) is 0 Å². The maximum absolute atomic E-state index is 10.2. The third kappa shape index (κ3) is 1.53. The summed E-state index contributed by atoms with van der Waals surface area (Å²) in [4.78, 5) is 14.0. The molecule has 2 nitrogen and oxygen atoms in total. The van der Waals surface area contributed by atoms with Gasteiger partial charge in [-0.25, -0.2) is 4.79 Å². The van der Waals surface area contributed by atoms with Gasteiger partial charge < -0.3 is 0 Å². The Labute approximate surface area is 77.3 Å². The van der Waals surface area contributed by atoms with Crippen LogP contribution in [0.15, 0.2) is 29.3 Å². The van der Waals surface area contributed by atoms with E-state index in [2.05, 4.69) is 17.1 Å². The van der Waals surface area contributed by atoms with Crippen LogP contribution in [-0.4, -0.2) is 6.08 Å². The van der Waals surface area contributed by atoms with Gasteiger partial charge in [-0.1, -0.05) is 24.3 Å². The lowest BCUT2D eigenvalue weighted by Crippen LogP contribution is -2.07. The topological polar surface area (TPSA) is 29.4 Å². The minimum Gasteiger partial charge on any atom is -0.211 e. The van der Waals surface area contributed by atoms with Gasteiger partial charge in [0.25, 0.3) is 0 Å². The average Bonchev–Trinajstić information content (AvgIpc) is 2.19. The predicted octanol–water partition coefficient (Wildman–Crippen LogP) is 2.40. The van der Waals surface area contributed by atoms with E-state index >= 15 is 0 Å². The maximum Gasteiger partial charge on any atom is 0.235 e. The molecule has 66 valence electrons. The van der Waals surface area contributed by atoms with Crippen LogP contribution in [0.1, 0.15) is 30.0 Å². The van der Waals surface area contributed by atoms with Crippen LogP contribution in [0.25, 0.3) is 0 Å². The molecule has 1 aliphatic rings. The summed E-state index contributed by atoms with van der Waals surface area (Å²) < 4.78 is 0. The van der Waals surface area contributed by atoms with Gasteiger partial charge in [-0.05, 0) is 30.4 Å². The highest BCUT2D eigenvalue weighted by Crippen LogP contribution is 2.31. The van der Waals surface area contributed by atoms with Gasteiger partial charge in [-0.3, -0.25) is 0 Å². The van der Waals surface area contributed by atoms with Gasteiger partial charge in [-0.2, -0.15) is 4.99 Å². The number of isocyanates is 1. The number of carbonyl (C=O) groups excluding carboxylic acids is 1. The molecule has 1 aromatic rings. The predicted molar refractivity (Wildman–Crippen MR) is 50.2 cm³/mol. The molecule has 0 amide bonds. The molecule has 1 aliphatic carbocycles. The third-order valence-corrected chi connectivity index (χ3v) is 2.55. The Bertz CT molecular complexity index is 353. The number of fused-ring (bicyclic) bond motifs is 1. The van der Waals surface area contributed by atoms with Crippen molar-refractivity contribution < 1.29 is 4.79 Å². The number of hydrogen-bond acceptors (Lipinski definition) is 2. The zero-order chi connectivity index (χ0) is 9.10. The lowest BCUT2D eigenvalue weighted by atomic mass is 9.88. The Kier molecular flexibility index (Phi) is 2.24. The first-order valence-electron chi connectivity index (χ1n) is 4.56. The summed E-state index contributed by atoms with van der Waals surface area (Å²) >= 11 is 0. The number of aryl methyl sites for hydroxylation is 1. The molecule has 2 heteroatoms. The van der Waals surface area contributed by atoms with Crippen molar-refractivity contribution in [1.29, 1.82) is 0 Å². The monoisotopic (exact) mass is 173 g/mol. The summed E-state index contributed by atoms with van der Waals surface area (Å²) in [6.07, 6.45) is 4.86. The molecule has 0 N–H and O–H groups in total. The van der Waals surface area contributed by atoms with Crippen LogP contribution >= 0.6 is 0 Å². The van der Waals surface area contributed by atoms with Crippen molar-refractivity contribution in [2.75, 3.05) is 0 Å². The standard InChI is InChI=1S/C11H11NO/c13-8-12-11-7-3-5-9-4-1-2-6-10(9)11/h1-2,4,6,11H,3,5,7H2/t11-/m0/s1. The van der Waals surface area contributed by atoms with Crippen molar-refractivity contribution in [3.05, 3.63) is 35.4 Å². The average molecular weight is 173 g/mol. The molecular weight excluding hydrogens is 162 g/mol. The van der Waals surface area contributed by atoms with Crippen molar-refractivity contribution in [2.24, 2.45) is 4.99 Å². The Hall–Kier alpha value is -1.40. The first-order valence-corrected chi connectivity index (χ1v) is 4.56. The number of hydrogen-bond donors (Lipinski definition) is 0. The molecule has 0 saturated carbocycles. The van der Waals surface area contributed by atoms with E-state index in [1.54, 1.807) is 6.08 Å². The Balaban J connectivity index is 2.42. The lowest BCUT2D eigenvalue weighted by Gasteiger charge is -2.20. The van der Waals surface area contributed by atoms with Crippen LogP contribution in [0.5, 0.6) is 0 Å². The number of benzene rings is 1. The van der Waals surface area contributed by atoms with Gasteiger partial charge in [0.05, 0.1) is 6.04 Å². The molecule has 1 aromatic carbocycles. The van der Waals surface area contributed by atoms with Crippen molar-refractivity contribution in [3.63, 3.8) is 0 Å². The number of aliphatic imine (C=N–C) groups is 1. The van der Waals surface area contributed by atoms with E-state index in [9.17, 15) is 4.79 Å². The van der Waals surface area contributed by atoms with Crippen LogP contribution in [0, 0.1) is 0 Å². The van der Waals surface area contributed by atoms with E-state index in [-0.39, 0.29) is 6.04 Å². The molecule has 0 bridgehead atoms. The van der Waals surface area contributed by atoms with E-state index in [0.29, 0.717) is 0 Å². The summed E-state index contributed by atoms with van der Waals surface area (Å²) in [5, 5.41) is 0. The number of nitrogens with zero attached hydrogens (tertiary/aromatic N) is 1. The Morgan fingerprint density at radius 1 is 1.38 bits per heavy atom. The van der Waals surface area contributed by atoms with Crippen LogP contribution < -0.4 is 0 Å². The highest BCUT2D eigenvalue weighted by Gasteiger charge is 2.18. The molecule has 0 radical (unpaired) electrons. The zero-order valence-electron chi connectivity index (χ0n) is 7.36. The molecule has 0 fully saturated rings. The van der Waals surface area contributed by atoms with Gasteiger partial charge in [0.2, 0.25) is 6.08 Å². The van der Waals surface area contributed by atoms with Gasteiger partial charge >= 0.3 is 0 Å². The first kappa shape index (κ1) is 8.21. The van der Waals surface area contributed by atoms with E-state index in [1.807, 2.05) is 12.1 Å². The summed E-state index contributed by atoms with van der Waals surface area (Å²) in [5.41, 5.74) is 2.54. The third-order valence-electron chi connectivity index (χ3n) is 2.55.